The fraction of sp³-hybridized carbons (Fsp3) is 0.143. The Kier molecular flexibility index (Phi) is 5.44. The molecule has 2 aromatic rings. The van der Waals surface area contributed by atoms with Crippen LogP contribution in [0.1, 0.15) is 0 Å². The van der Waals surface area contributed by atoms with E-state index in [0.717, 1.165) is 11.5 Å². The van der Waals surface area contributed by atoms with Gasteiger partial charge in [0.25, 0.3) is 0 Å². The van der Waals surface area contributed by atoms with Crippen LogP contribution < -0.4 is 9.47 Å². The van der Waals surface area contributed by atoms with Crippen LogP contribution in [-0.4, -0.2) is 19.3 Å². The predicted molar refractivity (Wildman–Crippen MR) is 67.7 cm³/mol. The van der Waals surface area contributed by atoms with Gasteiger partial charge in [0.15, 0.2) is 0 Å². The van der Waals surface area contributed by atoms with E-state index >= 15 is 0 Å². The van der Waals surface area contributed by atoms with Crippen molar-refractivity contribution in [3.05, 3.63) is 54.6 Å². The number of ether oxygens (including phenoxy) is 2. The molecule has 0 aliphatic rings. The van der Waals surface area contributed by atoms with E-state index < -0.39 is 0 Å². The fourth-order valence-corrected chi connectivity index (χ4v) is 1.16. The van der Waals surface area contributed by atoms with Crippen LogP contribution >= 0.6 is 0 Å². The molecule has 0 aromatic heterocycles. The van der Waals surface area contributed by atoms with Crippen molar-refractivity contribution in [2.45, 2.75) is 0 Å². The highest BCUT2D eigenvalue weighted by atomic mass is 16.5. The lowest BCUT2D eigenvalue weighted by atomic mass is 10.3. The number of hydrogen-bond donors (Lipinski definition) is 1. The number of phenols is 1. The maximum Gasteiger partial charge on any atom is 0.122 e. The zero-order valence-corrected chi connectivity index (χ0v) is 9.96. The summed E-state index contributed by atoms with van der Waals surface area (Å²) in [6.45, 7) is 0. The molecule has 0 unspecified atom stereocenters. The first-order chi connectivity index (χ1) is 8.26. The molecule has 0 aliphatic carbocycles. The number of methoxy groups -OCH3 is 2. The van der Waals surface area contributed by atoms with Gasteiger partial charge in [-0.1, -0.05) is 24.3 Å². The molecule has 0 fully saturated rings. The Labute approximate surface area is 101 Å². The number of rotatable bonds is 2. The Morgan fingerprint density at radius 3 is 1.65 bits per heavy atom. The van der Waals surface area contributed by atoms with Gasteiger partial charge in [-0.15, -0.1) is 0 Å². The van der Waals surface area contributed by atoms with Crippen LogP contribution in [-0.2, 0) is 0 Å². The molecule has 0 heterocycles. The van der Waals surface area contributed by atoms with Crippen LogP contribution in [0.2, 0.25) is 0 Å². The molecule has 90 valence electrons. The van der Waals surface area contributed by atoms with Crippen LogP contribution in [0.25, 0.3) is 0 Å². The van der Waals surface area contributed by atoms with Crippen LogP contribution in [0.5, 0.6) is 17.2 Å². The monoisotopic (exact) mass is 232 g/mol. The lowest BCUT2D eigenvalue weighted by molar-refractivity contribution is 0.394. The summed E-state index contributed by atoms with van der Waals surface area (Å²) < 4.78 is 9.95. The van der Waals surface area contributed by atoms with Gasteiger partial charge in [0.05, 0.1) is 14.2 Å². The third-order valence-corrected chi connectivity index (χ3v) is 2.03. The van der Waals surface area contributed by atoms with Gasteiger partial charge in [0.2, 0.25) is 0 Å². The molecule has 0 bridgehead atoms. The van der Waals surface area contributed by atoms with Crippen LogP contribution in [0, 0.1) is 0 Å². The van der Waals surface area contributed by atoms with E-state index in [0.29, 0.717) is 5.75 Å². The molecule has 3 nitrogen and oxygen atoms in total. The van der Waals surface area contributed by atoms with Crippen LogP contribution in [0.15, 0.2) is 54.6 Å². The molecule has 0 saturated carbocycles. The minimum Gasteiger partial charge on any atom is -0.508 e. The Morgan fingerprint density at radius 2 is 1.29 bits per heavy atom. The topological polar surface area (TPSA) is 38.7 Å². The lowest BCUT2D eigenvalue weighted by Gasteiger charge is -2.01. The Hall–Kier alpha value is -2.16. The summed E-state index contributed by atoms with van der Waals surface area (Å²) in [6, 6.07) is 16.2. The summed E-state index contributed by atoms with van der Waals surface area (Å²) >= 11 is 0. The van der Waals surface area contributed by atoms with Gasteiger partial charge in [-0.25, -0.2) is 0 Å². The minimum absolute atomic E-state index is 0.322. The lowest BCUT2D eigenvalue weighted by Crippen LogP contribution is -1.84. The van der Waals surface area contributed by atoms with Gasteiger partial charge < -0.3 is 14.6 Å². The summed E-state index contributed by atoms with van der Waals surface area (Å²) in [6.07, 6.45) is 0. The summed E-state index contributed by atoms with van der Waals surface area (Å²) in [5.41, 5.74) is 0. The van der Waals surface area contributed by atoms with Crippen molar-refractivity contribution in [1.29, 1.82) is 0 Å². The number of para-hydroxylation sites is 1. The van der Waals surface area contributed by atoms with Crippen molar-refractivity contribution >= 4 is 0 Å². The maximum atomic E-state index is 8.63. The van der Waals surface area contributed by atoms with Crippen molar-refractivity contribution in [2.75, 3.05) is 14.2 Å². The largest absolute Gasteiger partial charge is 0.508 e. The molecular weight excluding hydrogens is 216 g/mol. The van der Waals surface area contributed by atoms with Crippen molar-refractivity contribution in [3.63, 3.8) is 0 Å². The minimum atomic E-state index is 0.322. The standard InChI is InChI=1S/C8H10O2.C6H6O/c1-9-7-4-3-5-8(6-7)10-2;7-6-4-2-1-3-5-6/h3-6H,1-2H3;1-5,7H. The molecule has 0 amide bonds. The fourth-order valence-electron chi connectivity index (χ4n) is 1.16. The van der Waals surface area contributed by atoms with E-state index in [1.807, 2.05) is 30.3 Å². The quantitative estimate of drug-likeness (QED) is 0.864. The van der Waals surface area contributed by atoms with E-state index in [-0.39, 0.29) is 0 Å². The van der Waals surface area contributed by atoms with E-state index in [4.69, 9.17) is 14.6 Å². The zero-order valence-electron chi connectivity index (χ0n) is 9.96. The molecule has 0 atom stereocenters. The summed E-state index contributed by atoms with van der Waals surface area (Å²) in [4.78, 5) is 0. The Bertz CT molecular complexity index is 407. The molecule has 0 saturated heterocycles. The summed E-state index contributed by atoms with van der Waals surface area (Å²) in [5, 5.41) is 8.63. The average molecular weight is 232 g/mol. The molecule has 1 N–H and O–H groups in total. The third-order valence-electron chi connectivity index (χ3n) is 2.03. The van der Waals surface area contributed by atoms with Crippen molar-refractivity contribution in [3.8, 4) is 17.2 Å². The van der Waals surface area contributed by atoms with E-state index in [9.17, 15) is 0 Å². The molecule has 17 heavy (non-hydrogen) atoms. The van der Waals surface area contributed by atoms with Gasteiger partial charge in [-0.05, 0) is 24.3 Å². The van der Waals surface area contributed by atoms with E-state index in [1.54, 1.807) is 38.5 Å². The molecule has 2 rings (SSSR count). The maximum absolute atomic E-state index is 8.63. The average Bonchev–Trinajstić information content (AvgIpc) is 2.40. The Morgan fingerprint density at radius 1 is 0.765 bits per heavy atom. The first-order valence-electron chi connectivity index (χ1n) is 5.18. The summed E-state index contributed by atoms with van der Waals surface area (Å²) in [7, 11) is 3.27. The number of phenolic OH excluding ortho intramolecular Hbond substituents is 1. The Balaban J connectivity index is 0.000000181. The smallest absolute Gasteiger partial charge is 0.122 e. The van der Waals surface area contributed by atoms with Crippen LogP contribution in [0.4, 0.5) is 0 Å². The van der Waals surface area contributed by atoms with Crippen LogP contribution in [0.3, 0.4) is 0 Å². The normalized spacial score (nSPS) is 8.82. The highest BCUT2D eigenvalue weighted by molar-refractivity contribution is 5.32. The zero-order chi connectivity index (χ0) is 12.5. The number of benzene rings is 2. The molecule has 0 aliphatic heterocycles. The van der Waals surface area contributed by atoms with Crippen molar-refractivity contribution < 1.29 is 14.6 Å². The highest BCUT2D eigenvalue weighted by Gasteiger charge is 1.91. The number of aromatic hydroxyl groups is 1. The molecule has 0 spiro atoms. The SMILES string of the molecule is COc1cccc(OC)c1.Oc1ccccc1. The van der Waals surface area contributed by atoms with E-state index in [2.05, 4.69) is 0 Å². The predicted octanol–water partition coefficient (Wildman–Crippen LogP) is 3.10. The van der Waals surface area contributed by atoms with Gasteiger partial charge in [-0.3, -0.25) is 0 Å². The second-order valence-corrected chi connectivity index (χ2v) is 3.22. The van der Waals surface area contributed by atoms with Crippen molar-refractivity contribution in [1.82, 2.24) is 0 Å². The molecular formula is C14H16O3. The van der Waals surface area contributed by atoms with Gasteiger partial charge in [0, 0.05) is 6.07 Å². The second kappa shape index (κ2) is 7.17. The van der Waals surface area contributed by atoms with Gasteiger partial charge in [0.1, 0.15) is 17.2 Å². The first kappa shape index (κ1) is 12.9. The second-order valence-electron chi connectivity index (χ2n) is 3.22. The van der Waals surface area contributed by atoms with E-state index in [1.165, 1.54) is 0 Å². The van der Waals surface area contributed by atoms with Gasteiger partial charge in [-0.2, -0.15) is 0 Å². The molecule has 3 heteroatoms. The first-order valence-corrected chi connectivity index (χ1v) is 5.18. The van der Waals surface area contributed by atoms with Gasteiger partial charge >= 0.3 is 0 Å². The summed E-state index contributed by atoms with van der Waals surface area (Å²) in [5.74, 6) is 1.96. The highest BCUT2D eigenvalue weighted by Crippen LogP contribution is 2.17. The molecule has 2 aromatic carbocycles. The van der Waals surface area contributed by atoms with Crippen molar-refractivity contribution in [2.24, 2.45) is 0 Å². The third kappa shape index (κ3) is 4.93. The number of hydrogen-bond acceptors (Lipinski definition) is 3. The molecule has 0 radical (unpaired) electrons.